The van der Waals surface area contributed by atoms with E-state index in [4.69, 9.17) is 5.73 Å². The van der Waals surface area contributed by atoms with E-state index in [0.29, 0.717) is 11.0 Å². The smallest absolute Gasteiger partial charge is 0.268 e. The van der Waals surface area contributed by atoms with E-state index in [1.807, 2.05) is 30.3 Å². The maximum Gasteiger partial charge on any atom is 0.268 e. The first-order valence-electron chi connectivity index (χ1n) is 5.47. The van der Waals surface area contributed by atoms with Crippen molar-refractivity contribution in [2.75, 3.05) is 0 Å². The number of rotatable bonds is 3. The molecule has 0 aliphatic carbocycles. The molecule has 94 valence electrons. The number of imidazole rings is 1. The highest BCUT2D eigenvalue weighted by Crippen LogP contribution is 2.20. The van der Waals surface area contributed by atoms with Crippen molar-refractivity contribution in [2.24, 2.45) is 5.73 Å². The molecule has 0 radical (unpaired) electrons. The average molecular weight is 271 g/mol. The van der Waals surface area contributed by atoms with Gasteiger partial charge < -0.3 is 5.73 Å². The third-order valence-corrected chi connectivity index (χ3v) is 3.23. The van der Waals surface area contributed by atoms with Crippen molar-refractivity contribution >= 4 is 17.4 Å². The summed E-state index contributed by atoms with van der Waals surface area (Å²) in [5.41, 5.74) is 6.30. The predicted octanol–water partition coefficient (Wildman–Crippen LogP) is 1.49. The molecule has 0 bridgehead atoms. The number of aromatic nitrogens is 4. The Kier molecular flexibility index (Phi) is 2.81. The molecule has 3 rings (SSSR count). The van der Waals surface area contributed by atoms with Crippen LogP contribution in [0.5, 0.6) is 0 Å². The Labute approximate surface area is 112 Å². The summed E-state index contributed by atoms with van der Waals surface area (Å²) in [6.45, 7) is 0. The van der Waals surface area contributed by atoms with E-state index in [2.05, 4.69) is 14.3 Å². The highest BCUT2D eigenvalue weighted by atomic mass is 32.1. The van der Waals surface area contributed by atoms with Crippen molar-refractivity contribution in [3.8, 4) is 16.5 Å². The first-order valence-corrected chi connectivity index (χ1v) is 6.24. The molecule has 0 spiro atoms. The molecule has 1 amide bonds. The number of hydrogen-bond donors (Lipinski definition) is 1. The van der Waals surface area contributed by atoms with Crippen LogP contribution in [-0.4, -0.2) is 24.8 Å². The van der Waals surface area contributed by atoms with Crippen LogP contribution < -0.4 is 5.73 Å². The van der Waals surface area contributed by atoms with E-state index in [0.717, 1.165) is 5.56 Å². The standard InChI is InChI=1S/C12H9N5OS/c13-10(18)9-6-17(7-14-9)12-15-11(16-19-12)8-4-2-1-3-5-8/h1-7H,(H2,13,18). The molecule has 2 N–H and O–H groups in total. The van der Waals surface area contributed by atoms with Crippen molar-refractivity contribution < 1.29 is 4.79 Å². The van der Waals surface area contributed by atoms with Gasteiger partial charge in [-0.2, -0.15) is 9.36 Å². The predicted molar refractivity (Wildman–Crippen MR) is 71.0 cm³/mol. The number of nitrogens with two attached hydrogens (primary N) is 1. The Hall–Kier alpha value is -2.54. The lowest BCUT2D eigenvalue weighted by molar-refractivity contribution is 0.0996. The molecule has 19 heavy (non-hydrogen) atoms. The van der Waals surface area contributed by atoms with Gasteiger partial charge in [-0.25, -0.2) is 4.98 Å². The number of benzene rings is 1. The monoisotopic (exact) mass is 271 g/mol. The molecule has 0 aliphatic rings. The van der Waals surface area contributed by atoms with Crippen molar-refractivity contribution in [1.82, 2.24) is 18.9 Å². The minimum absolute atomic E-state index is 0.205. The van der Waals surface area contributed by atoms with Crippen molar-refractivity contribution in [2.45, 2.75) is 0 Å². The summed E-state index contributed by atoms with van der Waals surface area (Å²) >= 11 is 1.23. The van der Waals surface area contributed by atoms with Gasteiger partial charge in [0, 0.05) is 23.3 Å². The summed E-state index contributed by atoms with van der Waals surface area (Å²) in [4.78, 5) is 19.3. The molecule has 1 aromatic carbocycles. The molecule has 0 atom stereocenters. The molecular weight excluding hydrogens is 262 g/mol. The lowest BCUT2D eigenvalue weighted by Crippen LogP contribution is -2.10. The quantitative estimate of drug-likeness (QED) is 0.781. The maximum atomic E-state index is 11.0. The zero-order valence-corrected chi connectivity index (χ0v) is 10.5. The van der Waals surface area contributed by atoms with Crippen LogP contribution in [-0.2, 0) is 0 Å². The van der Waals surface area contributed by atoms with Crippen LogP contribution in [0.4, 0.5) is 0 Å². The third kappa shape index (κ3) is 2.23. The Bertz CT molecular complexity index is 719. The fraction of sp³-hybridized carbons (Fsp3) is 0. The van der Waals surface area contributed by atoms with Crippen LogP contribution in [0.1, 0.15) is 10.5 Å². The zero-order valence-electron chi connectivity index (χ0n) is 9.72. The van der Waals surface area contributed by atoms with Crippen LogP contribution in [0.15, 0.2) is 42.9 Å². The van der Waals surface area contributed by atoms with Crippen LogP contribution in [0.25, 0.3) is 16.5 Å². The molecule has 0 saturated carbocycles. The number of amides is 1. The van der Waals surface area contributed by atoms with E-state index in [-0.39, 0.29) is 5.69 Å². The second-order valence-electron chi connectivity index (χ2n) is 3.80. The molecule has 0 fully saturated rings. The summed E-state index contributed by atoms with van der Waals surface area (Å²) in [5, 5.41) is 0.638. The zero-order chi connectivity index (χ0) is 13.2. The summed E-state index contributed by atoms with van der Waals surface area (Å²) in [6.07, 6.45) is 3.03. The molecule has 2 aromatic heterocycles. The topological polar surface area (TPSA) is 86.7 Å². The van der Waals surface area contributed by atoms with Gasteiger partial charge in [0.1, 0.15) is 12.0 Å². The highest BCUT2D eigenvalue weighted by Gasteiger charge is 2.10. The maximum absolute atomic E-state index is 11.0. The number of primary amides is 1. The molecule has 6 nitrogen and oxygen atoms in total. The normalized spacial score (nSPS) is 10.5. The molecule has 0 unspecified atom stereocenters. The molecule has 0 aliphatic heterocycles. The Morgan fingerprint density at radius 1 is 1.26 bits per heavy atom. The van der Waals surface area contributed by atoms with E-state index in [9.17, 15) is 4.79 Å². The van der Waals surface area contributed by atoms with Gasteiger partial charge in [0.25, 0.3) is 5.91 Å². The van der Waals surface area contributed by atoms with Gasteiger partial charge in [0.2, 0.25) is 5.13 Å². The number of carbonyl (C=O) groups excluding carboxylic acids is 1. The van der Waals surface area contributed by atoms with E-state index in [1.54, 1.807) is 4.57 Å². The Balaban J connectivity index is 1.94. The molecule has 7 heteroatoms. The molecule has 3 aromatic rings. The first-order chi connectivity index (χ1) is 9.24. The molecule has 0 saturated heterocycles. The van der Waals surface area contributed by atoms with Crippen LogP contribution >= 0.6 is 11.5 Å². The second kappa shape index (κ2) is 4.62. The van der Waals surface area contributed by atoms with Crippen molar-refractivity contribution in [3.63, 3.8) is 0 Å². The third-order valence-electron chi connectivity index (χ3n) is 2.50. The van der Waals surface area contributed by atoms with E-state index >= 15 is 0 Å². The minimum Gasteiger partial charge on any atom is -0.364 e. The fourth-order valence-corrected chi connectivity index (χ4v) is 2.22. The number of hydrogen-bond acceptors (Lipinski definition) is 5. The van der Waals surface area contributed by atoms with Gasteiger partial charge in [-0.05, 0) is 0 Å². The van der Waals surface area contributed by atoms with Crippen LogP contribution in [0.3, 0.4) is 0 Å². The van der Waals surface area contributed by atoms with Gasteiger partial charge in [-0.3, -0.25) is 9.36 Å². The van der Waals surface area contributed by atoms with Crippen LogP contribution in [0.2, 0.25) is 0 Å². The largest absolute Gasteiger partial charge is 0.364 e. The SMILES string of the molecule is NC(=O)c1cn(-c2nc(-c3ccccc3)ns2)cn1. The summed E-state index contributed by atoms with van der Waals surface area (Å²) in [5.74, 6) is 0.0847. The Morgan fingerprint density at radius 2 is 2.05 bits per heavy atom. The van der Waals surface area contributed by atoms with Crippen molar-refractivity contribution in [1.29, 1.82) is 0 Å². The lowest BCUT2D eigenvalue weighted by Gasteiger charge is -1.93. The van der Waals surface area contributed by atoms with Crippen LogP contribution in [0, 0.1) is 0 Å². The fourth-order valence-electron chi connectivity index (χ4n) is 1.58. The van der Waals surface area contributed by atoms with Gasteiger partial charge >= 0.3 is 0 Å². The number of carbonyl (C=O) groups is 1. The van der Waals surface area contributed by atoms with Gasteiger partial charge in [-0.1, -0.05) is 30.3 Å². The van der Waals surface area contributed by atoms with E-state index in [1.165, 1.54) is 24.1 Å². The van der Waals surface area contributed by atoms with Gasteiger partial charge in [0.05, 0.1) is 0 Å². The minimum atomic E-state index is -0.563. The molecule has 2 heterocycles. The highest BCUT2D eigenvalue weighted by molar-refractivity contribution is 7.08. The Morgan fingerprint density at radius 3 is 2.74 bits per heavy atom. The summed E-state index contributed by atoms with van der Waals surface area (Å²) < 4.78 is 5.91. The van der Waals surface area contributed by atoms with Crippen molar-refractivity contribution in [3.05, 3.63) is 48.5 Å². The second-order valence-corrected chi connectivity index (χ2v) is 4.53. The number of nitrogens with zero attached hydrogens (tertiary/aromatic N) is 4. The summed E-state index contributed by atoms with van der Waals surface area (Å²) in [7, 11) is 0. The van der Waals surface area contributed by atoms with E-state index < -0.39 is 5.91 Å². The molecular formula is C12H9N5OS. The van der Waals surface area contributed by atoms with Gasteiger partial charge in [0.15, 0.2) is 5.82 Å². The average Bonchev–Trinajstić information content (AvgIpc) is 3.09. The lowest BCUT2D eigenvalue weighted by atomic mass is 10.2. The van der Waals surface area contributed by atoms with Gasteiger partial charge in [-0.15, -0.1) is 0 Å². The summed E-state index contributed by atoms with van der Waals surface area (Å²) in [6, 6.07) is 9.67. The first kappa shape index (κ1) is 11.5.